The van der Waals surface area contributed by atoms with Gasteiger partial charge in [0.1, 0.15) is 24.1 Å². The van der Waals surface area contributed by atoms with Crippen molar-refractivity contribution in [2.75, 3.05) is 45.3 Å². The van der Waals surface area contributed by atoms with Crippen LogP contribution in [0.25, 0.3) is 0 Å². The smallest absolute Gasteiger partial charge is 0.254 e. The van der Waals surface area contributed by atoms with Crippen LogP contribution in [-0.2, 0) is 19.1 Å². The number of carbonyl (C=O) groups is 3. The fraction of sp³-hybridized carbons (Fsp3) is 0.528. The average molecular weight is 622 g/mol. The van der Waals surface area contributed by atoms with Gasteiger partial charge in [-0.2, -0.15) is 0 Å². The Hall–Kier alpha value is -3.56. The average Bonchev–Trinajstić information content (AvgIpc) is 3.86. The SMILES string of the molecule is CO[C@H]1CN(CC(C)C)C(=O)[C@H](CC(C)C)N(C(=O)c2ccc(F)cc2)C/C=C/CN(C(=O)C2CC2)c2ccccc2[C@@H]1OC. The molecular formula is C36H48FN3O5. The highest BCUT2D eigenvalue weighted by atomic mass is 19.1. The van der Waals surface area contributed by atoms with Crippen LogP contribution in [-0.4, -0.2) is 80.1 Å². The van der Waals surface area contributed by atoms with Crippen molar-refractivity contribution in [3.8, 4) is 0 Å². The van der Waals surface area contributed by atoms with Crippen molar-refractivity contribution in [2.24, 2.45) is 17.8 Å². The van der Waals surface area contributed by atoms with Gasteiger partial charge in [-0.3, -0.25) is 14.4 Å². The van der Waals surface area contributed by atoms with Crippen molar-refractivity contribution in [1.82, 2.24) is 9.80 Å². The molecule has 0 spiro atoms. The van der Waals surface area contributed by atoms with Crippen LogP contribution in [0.2, 0.25) is 0 Å². The number of hydrogen-bond donors (Lipinski definition) is 0. The second kappa shape index (κ2) is 15.6. The molecule has 3 atom stereocenters. The largest absolute Gasteiger partial charge is 0.377 e. The van der Waals surface area contributed by atoms with Crippen molar-refractivity contribution in [3.63, 3.8) is 0 Å². The third kappa shape index (κ3) is 8.58. The zero-order chi connectivity index (χ0) is 32.7. The van der Waals surface area contributed by atoms with Crippen LogP contribution in [0.15, 0.2) is 60.7 Å². The summed E-state index contributed by atoms with van der Waals surface area (Å²) in [7, 11) is 3.22. The molecule has 3 amide bonds. The molecule has 1 heterocycles. The first-order valence-corrected chi connectivity index (χ1v) is 16.0. The summed E-state index contributed by atoms with van der Waals surface area (Å²) in [5.41, 5.74) is 1.86. The van der Waals surface area contributed by atoms with Crippen LogP contribution in [0.1, 0.15) is 69.0 Å². The molecule has 4 rings (SSSR count). The van der Waals surface area contributed by atoms with E-state index in [9.17, 15) is 18.8 Å². The van der Waals surface area contributed by atoms with Crippen LogP contribution in [0.5, 0.6) is 0 Å². The Morgan fingerprint density at radius 1 is 0.911 bits per heavy atom. The summed E-state index contributed by atoms with van der Waals surface area (Å²) in [6.45, 7) is 9.26. The minimum absolute atomic E-state index is 0.0179. The van der Waals surface area contributed by atoms with E-state index < -0.39 is 24.1 Å². The predicted molar refractivity (Wildman–Crippen MR) is 173 cm³/mol. The molecule has 8 nitrogen and oxygen atoms in total. The maximum absolute atomic E-state index is 14.6. The third-order valence-electron chi connectivity index (χ3n) is 8.38. The maximum Gasteiger partial charge on any atom is 0.254 e. The third-order valence-corrected chi connectivity index (χ3v) is 8.38. The molecule has 2 aliphatic rings. The van der Waals surface area contributed by atoms with E-state index in [1.807, 2.05) is 64.1 Å². The highest BCUT2D eigenvalue weighted by Crippen LogP contribution is 2.37. The van der Waals surface area contributed by atoms with Crippen LogP contribution in [0, 0.1) is 23.6 Å². The molecule has 1 aliphatic carbocycles. The van der Waals surface area contributed by atoms with Gasteiger partial charge in [0, 0.05) is 63.1 Å². The van der Waals surface area contributed by atoms with Gasteiger partial charge in [0.2, 0.25) is 11.8 Å². The second-order valence-corrected chi connectivity index (χ2v) is 12.9. The number of rotatable bonds is 8. The Labute approximate surface area is 267 Å². The summed E-state index contributed by atoms with van der Waals surface area (Å²) in [6, 6.07) is 12.3. The Morgan fingerprint density at radius 3 is 2.18 bits per heavy atom. The monoisotopic (exact) mass is 621 g/mol. The van der Waals surface area contributed by atoms with Crippen LogP contribution < -0.4 is 4.90 Å². The van der Waals surface area contributed by atoms with Gasteiger partial charge < -0.3 is 24.2 Å². The molecule has 0 saturated heterocycles. The molecule has 0 bridgehead atoms. The van der Waals surface area contributed by atoms with E-state index >= 15 is 0 Å². The molecule has 45 heavy (non-hydrogen) atoms. The Morgan fingerprint density at radius 2 is 1.58 bits per heavy atom. The number of halogens is 1. The number of fused-ring (bicyclic) bond motifs is 1. The summed E-state index contributed by atoms with van der Waals surface area (Å²) < 4.78 is 25.9. The van der Waals surface area contributed by atoms with Gasteiger partial charge in [-0.05, 0) is 61.4 Å². The molecule has 0 unspecified atom stereocenters. The zero-order valence-electron chi connectivity index (χ0n) is 27.4. The number of nitrogens with zero attached hydrogens (tertiary/aromatic N) is 3. The van der Waals surface area contributed by atoms with E-state index in [4.69, 9.17) is 9.47 Å². The van der Waals surface area contributed by atoms with Crippen LogP contribution >= 0.6 is 0 Å². The summed E-state index contributed by atoms with van der Waals surface area (Å²) >= 11 is 0. The quantitative estimate of drug-likeness (QED) is 0.344. The number of carbonyl (C=O) groups excluding carboxylic acids is 3. The summed E-state index contributed by atoms with van der Waals surface area (Å²) in [4.78, 5) is 47.5. The molecule has 1 aliphatic heterocycles. The fourth-order valence-electron chi connectivity index (χ4n) is 6.01. The molecule has 1 fully saturated rings. The van der Waals surface area contributed by atoms with Gasteiger partial charge in [-0.1, -0.05) is 58.0 Å². The number of hydrogen-bond acceptors (Lipinski definition) is 5. The molecule has 2 aromatic carbocycles. The van der Waals surface area contributed by atoms with Gasteiger partial charge >= 0.3 is 0 Å². The molecule has 2 aromatic rings. The fourth-order valence-corrected chi connectivity index (χ4v) is 6.01. The number of amides is 3. The first-order chi connectivity index (χ1) is 21.5. The predicted octanol–water partition coefficient (Wildman–Crippen LogP) is 5.88. The van der Waals surface area contributed by atoms with E-state index in [2.05, 4.69) is 0 Å². The van der Waals surface area contributed by atoms with Crippen molar-refractivity contribution in [1.29, 1.82) is 0 Å². The highest BCUT2D eigenvalue weighted by Gasteiger charge is 2.39. The van der Waals surface area contributed by atoms with Gasteiger partial charge in [-0.15, -0.1) is 0 Å². The summed E-state index contributed by atoms with van der Waals surface area (Å²) in [5, 5.41) is 0. The molecular weight excluding hydrogens is 573 g/mol. The normalized spacial score (nSPS) is 22.4. The van der Waals surface area contributed by atoms with Crippen molar-refractivity contribution < 1.29 is 28.2 Å². The maximum atomic E-state index is 14.6. The van der Waals surface area contributed by atoms with Gasteiger partial charge in [0.05, 0.1) is 0 Å². The minimum atomic E-state index is -0.774. The van der Waals surface area contributed by atoms with Gasteiger partial charge in [-0.25, -0.2) is 4.39 Å². The lowest BCUT2D eigenvalue weighted by Crippen LogP contribution is -2.54. The van der Waals surface area contributed by atoms with E-state index in [1.165, 1.54) is 24.3 Å². The molecule has 0 N–H and O–H groups in total. The Balaban J connectivity index is 1.86. The molecule has 244 valence electrons. The number of methoxy groups -OCH3 is 2. The Kier molecular flexibility index (Phi) is 11.9. The Bertz CT molecular complexity index is 1340. The van der Waals surface area contributed by atoms with Gasteiger partial charge in [0.15, 0.2) is 0 Å². The highest BCUT2D eigenvalue weighted by molar-refractivity contribution is 5.98. The topological polar surface area (TPSA) is 79.4 Å². The van der Waals surface area contributed by atoms with E-state index in [0.717, 1.165) is 24.1 Å². The first kappa shape index (κ1) is 34.3. The standard InChI is InChI=1S/C36H48FN3O5/c1-24(2)21-31-36(43)38(22-25(3)4)23-32(44-5)33(45-6)29-11-7-8-12-30(29)39(34(41)26-13-14-26)19-9-10-20-40(31)35(42)27-15-17-28(37)18-16-27/h7-12,15-18,24-26,31-33H,13-14,19-23H2,1-6H3/b10-9+/t31-,32-,33-/m0/s1. The first-order valence-electron chi connectivity index (χ1n) is 16.0. The van der Waals surface area contributed by atoms with Crippen molar-refractivity contribution in [3.05, 3.63) is 77.6 Å². The lowest BCUT2D eigenvalue weighted by Gasteiger charge is -2.39. The summed E-state index contributed by atoms with van der Waals surface area (Å²) in [5.74, 6) is -0.684. The van der Waals surface area contributed by atoms with E-state index in [1.54, 1.807) is 28.9 Å². The molecule has 1 saturated carbocycles. The number of para-hydroxylation sites is 1. The van der Waals surface area contributed by atoms with Crippen LogP contribution in [0.3, 0.4) is 0 Å². The number of benzene rings is 2. The van der Waals surface area contributed by atoms with Gasteiger partial charge in [0.25, 0.3) is 5.91 Å². The van der Waals surface area contributed by atoms with E-state index in [0.29, 0.717) is 25.1 Å². The van der Waals surface area contributed by atoms with Crippen LogP contribution in [0.4, 0.5) is 10.1 Å². The van der Waals surface area contributed by atoms with E-state index in [-0.39, 0.29) is 48.6 Å². The summed E-state index contributed by atoms with van der Waals surface area (Å²) in [6.07, 6.45) is 4.76. The second-order valence-electron chi connectivity index (χ2n) is 12.9. The van der Waals surface area contributed by atoms with Crippen molar-refractivity contribution in [2.45, 2.75) is 65.2 Å². The minimum Gasteiger partial charge on any atom is -0.377 e. The number of anilines is 1. The molecule has 0 radical (unpaired) electrons. The molecule has 9 heteroatoms. The lowest BCUT2D eigenvalue weighted by molar-refractivity contribution is -0.141. The van der Waals surface area contributed by atoms with Crippen molar-refractivity contribution >= 4 is 23.4 Å². The zero-order valence-corrected chi connectivity index (χ0v) is 27.4. The number of ether oxygens (including phenoxy) is 2. The lowest BCUT2D eigenvalue weighted by atomic mass is 9.97. The molecule has 0 aromatic heterocycles.